The number of hydrogen-bond acceptors (Lipinski definition) is 1. The van der Waals surface area contributed by atoms with Crippen molar-refractivity contribution in [3.05, 3.63) is 28.2 Å². The largest absolute Gasteiger partial charge is 0.360 e. The van der Waals surface area contributed by atoms with Crippen LogP contribution in [-0.2, 0) is 0 Å². The second-order valence-corrected chi connectivity index (χ2v) is 5.00. The molecular formula is C11H15BrN2S. The van der Waals surface area contributed by atoms with Gasteiger partial charge in [0.05, 0.1) is 5.69 Å². The van der Waals surface area contributed by atoms with Crippen LogP contribution in [0.15, 0.2) is 22.7 Å². The Bertz CT molecular complexity index is 364. The summed E-state index contributed by atoms with van der Waals surface area (Å²) < 4.78 is 1.02. The van der Waals surface area contributed by atoms with Crippen LogP contribution in [0.3, 0.4) is 0 Å². The molecule has 0 fully saturated rings. The van der Waals surface area contributed by atoms with E-state index in [4.69, 9.17) is 12.2 Å². The molecular weight excluding hydrogens is 272 g/mol. The van der Waals surface area contributed by atoms with E-state index in [-0.39, 0.29) is 0 Å². The maximum Gasteiger partial charge on any atom is 0.171 e. The van der Waals surface area contributed by atoms with Gasteiger partial charge in [0.15, 0.2) is 5.11 Å². The first-order valence-corrected chi connectivity index (χ1v) is 6.03. The highest BCUT2D eigenvalue weighted by Crippen LogP contribution is 2.23. The highest BCUT2D eigenvalue weighted by atomic mass is 79.9. The standard InChI is InChI=1S/C11H15BrN2S/c1-7(2)13-11(15)14-10-5-4-8(3)6-9(10)12/h4-7H,1-3H3,(H2,13,14,15). The van der Waals surface area contributed by atoms with E-state index in [2.05, 4.69) is 53.4 Å². The third kappa shape index (κ3) is 4.18. The van der Waals surface area contributed by atoms with E-state index >= 15 is 0 Å². The molecule has 82 valence electrons. The van der Waals surface area contributed by atoms with Gasteiger partial charge in [0.1, 0.15) is 0 Å². The number of aryl methyl sites for hydroxylation is 1. The van der Waals surface area contributed by atoms with Crippen molar-refractivity contribution in [1.29, 1.82) is 0 Å². The van der Waals surface area contributed by atoms with Gasteiger partial charge in [-0.1, -0.05) is 6.07 Å². The molecule has 0 amide bonds. The molecule has 0 aromatic heterocycles. The van der Waals surface area contributed by atoms with Crippen molar-refractivity contribution in [2.24, 2.45) is 0 Å². The summed E-state index contributed by atoms with van der Waals surface area (Å²) in [5.74, 6) is 0. The maximum atomic E-state index is 5.16. The molecule has 0 atom stereocenters. The molecule has 4 heteroatoms. The number of nitrogens with one attached hydrogen (secondary N) is 2. The van der Waals surface area contributed by atoms with Crippen molar-refractivity contribution in [2.75, 3.05) is 5.32 Å². The van der Waals surface area contributed by atoms with Crippen LogP contribution in [0, 0.1) is 6.92 Å². The summed E-state index contributed by atoms with van der Waals surface area (Å²) in [5.41, 5.74) is 2.20. The molecule has 2 N–H and O–H groups in total. The molecule has 0 bridgehead atoms. The molecule has 0 aliphatic rings. The van der Waals surface area contributed by atoms with Crippen molar-refractivity contribution in [3.8, 4) is 0 Å². The second-order valence-electron chi connectivity index (χ2n) is 3.74. The van der Waals surface area contributed by atoms with Crippen LogP contribution in [0.25, 0.3) is 0 Å². The Morgan fingerprint density at radius 2 is 2.07 bits per heavy atom. The lowest BCUT2D eigenvalue weighted by Crippen LogP contribution is -2.33. The fourth-order valence-electron chi connectivity index (χ4n) is 1.14. The van der Waals surface area contributed by atoms with Crippen LogP contribution in [0.4, 0.5) is 5.69 Å². The van der Waals surface area contributed by atoms with Crippen molar-refractivity contribution < 1.29 is 0 Å². The molecule has 0 radical (unpaired) electrons. The van der Waals surface area contributed by atoms with Crippen molar-refractivity contribution in [2.45, 2.75) is 26.8 Å². The Morgan fingerprint density at radius 3 is 2.60 bits per heavy atom. The molecule has 0 aliphatic carbocycles. The molecule has 0 saturated carbocycles. The minimum Gasteiger partial charge on any atom is -0.360 e. The van der Waals surface area contributed by atoms with Gasteiger partial charge in [-0.2, -0.15) is 0 Å². The van der Waals surface area contributed by atoms with E-state index in [0.29, 0.717) is 11.2 Å². The zero-order valence-corrected chi connectivity index (χ0v) is 11.5. The van der Waals surface area contributed by atoms with Gasteiger partial charge in [-0.15, -0.1) is 0 Å². The SMILES string of the molecule is Cc1ccc(NC(=S)NC(C)C)c(Br)c1. The van der Waals surface area contributed by atoms with Crippen LogP contribution in [0.1, 0.15) is 19.4 Å². The third-order valence-corrected chi connectivity index (χ3v) is 2.67. The van der Waals surface area contributed by atoms with Crippen LogP contribution < -0.4 is 10.6 Å². The fourth-order valence-corrected chi connectivity index (χ4v) is 2.08. The summed E-state index contributed by atoms with van der Waals surface area (Å²) in [6.07, 6.45) is 0. The quantitative estimate of drug-likeness (QED) is 0.815. The fraction of sp³-hybridized carbons (Fsp3) is 0.364. The van der Waals surface area contributed by atoms with Gasteiger partial charge in [-0.05, 0) is 66.6 Å². The number of benzene rings is 1. The van der Waals surface area contributed by atoms with Gasteiger partial charge in [0.25, 0.3) is 0 Å². The highest BCUT2D eigenvalue weighted by Gasteiger charge is 2.02. The van der Waals surface area contributed by atoms with Crippen molar-refractivity contribution in [3.63, 3.8) is 0 Å². The number of halogens is 1. The molecule has 0 aliphatic heterocycles. The van der Waals surface area contributed by atoms with Gasteiger partial charge >= 0.3 is 0 Å². The lowest BCUT2D eigenvalue weighted by Gasteiger charge is -2.14. The topological polar surface area (TPSA) is 24.1 Å². The first-order chi connectivity index (χ1) is 6.99. The Kier molecular flexibility index (Phi) is 4.54. The van der Waals surface area contributed by atoms with Crippen LogP contribution in [0.5, 0.6) is 0 Å². The van der Waals surface area contributed by atoms with Crippen LogP contribution in [-0.4, -0.2) is 11.2 Å². The van der Waals surface area contributed by atoms with E-state index in [9.17, 15) is 0 Å². The van der Waals surface area contributed by atoms with Gasteiger partial charge < -0.3 is 10.6 Å². The van der Waals surface area contributed by atoms with Gasteiger partial charge in [0.2, 0.25) is 0 Å². The molecule has 2 nitrogen and oxygen atoms in total. The minimum absolute atomic E-state index is 0.342. The summed E-state index contributed by atoms with van der Waals surface area (Å²) in [4.78, 5) is 0. The summed E-state index contributed by atoms with van der Waals surface area (Å²) in [6, 6.07) is 6.45. The van der Waals surface area contributed by atoms with E-state index < -0.39 is 0 Å². The molecule has 0 spiro atoms. The minimum atomic E-state index is 0.342. The Labute approximate surface area is 105 Å². The van der Waals surface area contributed by atoms with E-state index in [1.807, 2.05) is 12.1 Å². The first-order valence-electron chi connectivity index (χ1n) is 4.82. The molecule has 1 aromatic rings. The summed E-state index contributed by atoms with van der Waals surface area (Å²) in [7, 11) is 0. The number of thiocarbonyl (C=S) groups is 1. The van der Waals surface area contributed by atoms with E-state index in [1.54, 1.807) is 0 Å². The lowest BCUT2D eigenvalue weighted by molar-refractivity contribution is 0.739. The number of hydrogen-bond donors (Lipinski definition) is 2. The summed E-state index contributed by atoms with van der Waals surface area (Å²) in [5, 5.41) is 6.92. The summed E-state index contributed by atoms with van der Waals surface area (Å²) >= 11 is 8.65. The average Bonchev–Trinajstić information content (AvgIpc) is 2.08. The Balaban J connectivity index is 2.68. The van der Waals surface area contributed by atoms with Crippen molar-refractivity contribution in [1.82, 2.24) is 5.32 Å². The monoisotopic (exact) mass is 286 g/mol. The predicted octanol–water partition coefficient (Wildman–Crippen LogP) is 3.45. The second kappa shape index (κ2) is 5.47. The number of anilines is 1. The average molecular weight is 287 g/mol. The zero-order chi connectivity index (χ0) is 11.4. The normalized spacial score (nSPS) is 10.2. The molecule has 1 rings (SSSR count). The van der Waals surface area contributed by atoms with Crippen LogP contribution >= 0.6 is 28.1 Å². The summed E-state index contributed by atoms with van der Waals surface area (Å²) in [6.45, 7) is 6.16. The van der Waals surface area contributed by atoms with Crippen LogP contribution in [0.2, 0.25) is 0 Å². The molecule has 0 heterocycles. The first kappa shape index (κ1) is 12.5. The number of rotatable bonds is 2. The van der Waals surface area contributed by atoms with E-state index in [0.717, 1.165) is 10.2 Å². The smallest absolute Gasteiger partial charge is 0.171 e. The molecule has 0 saturated heterocycles. The maximum absolute atomic E-state index is 5.16. The predicted molar refractivity (Wildman–Crippen MR) is 73.4 cm³/mol. The van der Waals surface area contributed by atoms with Gasteiger partial charge in [-0.25, -0.2) is 0 Å². The van der Waals surface area contributed by atoms with Crippen molar-refractivity contribution >= 4 is 38.9 Å². The molecule has 0 unspecified atom stereocenters. The highest BCUT2D eigenvalue weighted by molar-refractivity contribution is 9.10. The lowest BCUT2D eigenvalue weighted by atomic mass is 10.2. The van der Waals surface area contributed by atoms with Gasteiger partial charge in [-0.3, -0.25) is 0 Å². The van der Waals surface area contributed by atoms with Gasteiger partial charge in [0, 0.05) is 10.5 Å². The molecule has 1 aromatic carbocycles. The zero-order valence-electron chi connectivity index (χ0n) is 9.10. The van der Waals surface area contributed by atoms with E-state index in [1.165, 1.54) is 5.56 Å². The Morgan fingerprint density at radius 1 is 1.40 bits per heavy atom. The Hall–Kier alpha value is -0.610. The molecule has 15 heavy (non-hydrogen) atoms. The third-order valence-electron chi connectivity index (χ3n) is 1.79.